The van der Waals surface area contributed by atoms with Gasteiger partial charge in [0.05, 0.1) is 5.69 Å². The van der Waals surface area contributed by atoms with Crippen molar-refractivity contribution in [1.82, 2.24) is 14.6 Å². The number of halogens is 1. The number of carbonyl (C=O) groups excluding carboxylic acids is 1. The molecule has 1 N–H and O–H groups in total. The third-order valence-corrected chi connectivity index (χ3v) is 5.02. The highest BCUT2D eigenvalue weighted by Crippen LogP contribution is 2.20. The second-order valence-electron chi connectivity index (χ2n) is 6.18. The fourth-order valence-electron chi connectivity index (χ4n) is 2.68. The van der Waals surface area contributed by atoms with Gasteiger partial charge in [-0.2, -0.15) is 9.61 Å². The fraction of sp³-hybridized carbons (Fsp3) is 0.100. The number of amides is 1. The molecule has 29 heavy (non-hydrogen) atoms. The van der Waals surface area contributed by atoms with E-state index in [0.717, 1.165) is 5.01 Å². The Bertz CT molecular complexity index is 1270. The zero-order chi connectivity index (χ0) is 20.4. The van der Waals surface area contributed by atoms with Gasteiger partial charge in [-0.3, -0.25) is 9.59 Å². The highest BCUT2D eigenvalue weighted by molar-refractivity contribution is 7.16. The molecule has 2 aromatic carbocycles. The molecule has 2 aromatic heterocycles. The van der Waals surface area contributed by atoms with Gasteiger partial charge in [0.25, 0.3) is 11.5 Å². The van der Waals surface area contributed by atoms with Crippen molar-refractivity contribution < 1.29 is 9.53 Å². The molecule has 0 saturated heterocycles. The Hall–Kier alpha value is -3.23. The number of anilines is 1. The number of carbonyl (C=O) groups is 1. The highest BCUT2D eigenvalue weighted by atomic mass is 35.5. The van der Waals surface area contributed by atoms with Gasteiger partial charge in [0.1, 0.15) is 17.4 Å². The molecule has 0 spiro atoms. The average molecular weight is 427 g/mol. The van der Waals surface area contributed by atoms with Crippen LogP contribution in [0.1, 0.15) is 21.1 Å². The zero-order valence-electron chi connectivity index (χ0n) is 15.3. The molecule has 0 fully saturated rings. The molecule has 0 saturated carbocycles. The number of rotatable bonds is 5. The van der Waals surface area contributed by atoms with Crippen molar-refractivity contribution in [3.05, 3.63) is 86.2 Å². The van der Waals surface area contributed by atoms with Crippen LogP contribution in [0.4, 0.5) is 5.69 Å². The lowest BCUT2D eigenvalue weighted by Gasteiger charge is -2.09. The number of fused-ring (bicyclic) bond motifs is 1. The van der Waals surface area contributed by atoms with E-state index in [1.54, 1.807) is 48.5 Å². The Balaban J connectivity index is 1.46. The number of ether oxygens (including phenoxy) is 1. The number of hydrogen-bond donors (Lipinski definition) is 1. The van der Waals surface area contributed by atoms with Gasteiger partial charge in [-0.15, -0.1) is 0 Å². The lowest BCUT2D eigenvalue weighted by molar-refractivity contribution is 0.102. The molecule has 0 radical (unpaired) electrons. The maximum Gasteiger partial charge on any atom is 0.275 e. The maximum absolute atomic E-state index is 12.4. The van der Waals surface area contributed by atoms with Gasteiger partial charge in [-0.05, 0) is 37.3 Å². The average Bonchev–Trinajstić information content (AvgIpc) is 3.07. The van der Waals surface area contributed by atoms with E-state index in [-0.39, 0.29) is 18.1 Å². The third-order valence-electron chi connectivity index (χ3n) is 3.96. The van der Waals surface area contributed by atoms with E-state index in [4.69, 9.17) is 16.3 Å². The molecule has 2 heterocycles. The monoisotopic (exact) mass is 426 g/mol. The largest absolute Gasteiger partial charge is 0.487 e. The van der Waals surface area contributed by atoms with Crippen molar-refractivity contribution in [2.45, 2.75) is 13.5 Å². The van der Waals surface area contributed by atoms with Gasteiger partial charge in [0, 0.05) is 28.4 Å². The maximum atomic E-state index is 12.4. The van der Waals surface area contributed by atoms with E-state index in [0.29, 0.717) is 32.7 Å². The van der Waals surface area contributed by atoms with Gasteiger partial charge in [0.2, 0.25) is 4.96 Å². The molecule has 4 aromatic rings. The summed E-state index contributed by atoms with van der Waals surface area (Å²) in [6, 6.07) is 15.1. The molecule has 0 unspecified atom stereocenters. The van der Waals surface area contributed by atoms with Crippen molar-refractivity contribution in [1.29, 1.82) is 0 Å². The number of aryl methyl sites for hydroxylation is 1. The Morgan fingerprint density at radius 2 is 2.03 bits per heavy atom. The quantitative estimate of drug-likeness (QED) is 0.522. The Kier molecular flexibility index (Phi) is 5.28. The van der Waals surface area contributed by atoms with Crippen LogP contribution in [0.3, 0.4) is 0 Å². The predicted octanol–water partition coefficient (Wildman–Crippen LogP) is 3.94. The van der Waals surface area contributed by atoms with E-state index >= 15 is 0 Å². The van der Waals surface area contributed by atoms with Crippen LogP contribution in [0, 0.1) is 6.92 Å². The second-order valence-corrected chi connectivity index (χ2v) is 7.78. The van der Waals surface area contributed by atoms with Crippen molar-refractivity contribution in [3.8, 4) is 5.75 Å². The summed E-state index contributed by atoms with van der Waals surface area (Å²) in [6.45, 7) is 1.94. The molecule has 0 atom stereocenters. The lowest BCUT2D eigenvalue weighted by Crippen LogP contribution is -2.16. The van der Waals surface area contributed by atoms with E-state index in [2.05, 4.69) is 15.4 Å². The van der Waals surface area contributed by atoms with Crippen LogP contribution in [0.15, 0.2) is 59.4 Å². The minimum atomic E-state index is -0.273. The van der Waals surface area contributed by atoms with Gasteiger partial charge in [0.15, 0.2) is 0 Å². The van der Waals surface area contributed by atoms with Crippen LogP contribution in [-0.2, 0) is 6.61 Å². The lowest BCUT2D eigenvalue weighted by atomic mass is 10.2. The minimum Gasteiger partial charge on any atom is -0.487 e. The van der Waals surface area contributed by atoms with Crippen LogP contribution in [0.5, 0.6) is 5.75 Å². The van der Waals surface area contributed by atoms with E-state index in [9.17, 15) is 9.59 Å². The second kappa shape index (κ2) is 8.02. The first-order valence-electron chi connectivity index (χ1n) is 8.64. The molecule has 4 rings (SSSR count). The normalized spacial score (nSPS) is 10.8. The van der Waals surface area contributed by atoms with Crippen molar-refractivity contribution in [2.75, 3.05) is 5.32 Å². The van der Waals surface area contributed by atoms with Crippen LogP contribution in [-0.4, -0.2) is 20.5 Å². The summed E-state index contributed by atoms with van der Waals surface area (Å²) in [5.74, 6) is 0.265. The summed E-state index contributed by atoms with van der Waals surface area (Å²) in [4.78, 5) is 29.4. The summed E-state index contributed by atoms with van der Waals surface area (Å²) >= 11 is 7.27. The zero-order valence-corrected chi connectivity index (χ0v) is 16.8. The SMILES string of the molecule is Cc1nn2c(=O)cc(COc3cccc(NC(=O)c4cccc(Cl)c4)c3)nc2s1. The Morgan fingerprint density at radius 3 is 2.86 bits per heavy atom. The van der Waals surface area contributed by atoms with Crippen molar-refractivity contribution >= 4 is 39.5 Å². The summed E-state index contributed by atoms with van der Waals surface area (Å²) in [6.07, 6.45) is 0. The Labute approximate surface area is 174 Å². The molecule has 1 amide bonds. The van der Waals surface area contributed by atoms with Crippen molar-refractivity contribution in [2.24, 2.45) is 0 Å². The first-order chi connectivity index (χ1) is 14.0. The van der Waals surface area contributed by atoms with Crippen LogP contribution in [0.25, 0.3) is 4.96 Å². The van der Waals surface area contributed by atoms with Gasteiger partial charge < -0.3 is 10.1 Å². The van der Waals surface area contributed by atoms with E-state index in [1.165, 1.54) is 21.9 Å². The molecular weight excluding hydrogens is 412 g/mol. The molecule has 7 nitrogen and oxygen atoms in total. The third kappa shape index (κ3) is 4.44. The molecule has 146 valence electrons. The molecular formula is C20H15ClN4O3S. The number of aromatic nitrogens is 3. The summed E-state index contributed by atoms with van der Waals surface area (Å²) in [7, 11) is 0. The van der Waals surface area contributed by atoms with Crippen LogP contribution >= 0.6 is 22.9 Å². The van der Waals surface area contributed by atoms with E-state index < -0.39 is 0 Å². The molecule has 0 aliphatic carbocycles. The number of benzene rings is 2. The van der Waals surface area contributed by atoms with Gasteiger partial charge in [-0.25, -0.2) is 4.98 Å². The van der Waals surface area contributed by atoms with Gasteiger partial charge >= 0.3 is 0 Å². The first kappa shape index (κ1) is 19.1. The molecule has 9 heteroatoms. The number of nitrogens with one attached hydrogen (secondary N) is 1. The van der Waals surface area contributed by atoms with Crippen LogP contribution in [0.2, 0.25) is 5.02 Å². The Morgan fingerprint density at radius 1 is 1.21 bits per heavy atom. The number of hydrogen-bond acceptors (Lipinski definition) is 6. The smallest absolute Gasteiger partial charge is 0.275 e. The molecule has 0 aliphatic rings. The topological polar surface area (TPSA) is 85.6 Å². The van der Waals surface area contributed by atoms with Crippen molar-refractivity contribution in [3.63, 3.8) is 0 Å². The minimum absolute atomic E-state index is 0.119. The molecule has 0 bridgehead atoms. The first-order valence-corrected chi connectivity index (χ1v) is 9.83. The summed E-state index contributed by atoms with van der Waals surface area (Å²) in [5, 5.41) is 8.17. The summed E-state index contributed by atoms with van der Waals surface area (Å²) < 4.78 is 7.02. The number of nitrogens with zero attached hydrogens (tertiary/aromatic N) is 3. The van der Waals surface area contributed by atoms with E-state index in [1.807, 2.05) is 6.92 Å². The van der Waals surface area contributed by atoms with Crippen LogP contribution < -0.4 is 15.6 Å². The standard InChI is InChI=1S/C20H15ClN4O3S/c1-12-24-25-18(26)10-16(23-20(25)29-12)11-28-17-7-3-6-15(9-17)22-19(27)13-4-2-5-14(21)8-13/h2-10H,11H2,1H3,(H,22,27). The molecule has 0 aliphatic heterocycles. The fourth-order valence-corrected chi connectivity index (χ4v) is 3.64. The van der Waals surface area contributed by atoms with Gasteiger partial charge in [-0.1, -0.05) is 35.1 Å². The highest BCUT2D eigenvalue weighted by Gasteiger charge is 2.09. The summed E-state index contributed by atoms with van der Waals surface area (Å²) in [5.41, 5.74) is 1.29. The predicted molar refractivity (Wildman–Crippen MR) is 112 cm³/mol.